The first-order valence-corrected chi connectivity index (χ1v) is 11.3. The van der Waals surface area contributed by atoms with Crippen LogP contribution in [-0.2, 0) is 4.79 Å². The number of methoxy groups -OCH3 is 1. The molecule has 0 bridgehead atoms. The topological polar surface area (TPSA) is 70.6 Å². The van der Waals surface area contributed by atoms with Crippen molar-refractivity contribution in [2.75, 3.05) is 54.2 Å². The number of thioether (sulfide) groups is 1. The molecule has 2 heterocycles. The number of benzene rings is 2. The standard InChI is InChI=1S/C23H24FN5O2S/c1-31-20-5-3-2-4-19(20)28-12-14-29(15-13-28)21-10-11-23(27-26-21)32-16-22(30)25-18-8-6-17(24)7-9-18/h2-11H,12-16H2,1H3,(H,25,30). The number of nitrogens with one attached hydrogen (secondary N) is 1. The summed E-state index contributed by atoms with van der Waals surface area (Å²) in [6.07, 6.45) is 0. The van der Waals surface area contributed by atoms with E-state index in [0.717, 1.165) is 43.4 Å². The predicted octanol–water partition coefficient (Wildman–Crippen LogP) is 3.68. The van der Waals surface area contributed by atoms with Crippen LogP contribution in [0.25, 0.3) is 0 Å². The highest BCUT2D eigenvalue weighted by Gasteiger charge is 2.20. The van der Waals surface area contributed by atoms with E-state index in [4.69, 9.17) is 4.74 Å². The Labute approximate surface area is 190 Å². The van der Waals surface area contributed by atoms with Crippen LogP contribution in [0.5, 0.6) is 5.75 Å². The number of hydrogen-bond donors (Lipinski definition) is 1. The van der Waals surface area contributed by atoms with Gasteiger partial charge in [0.05, 0.1) is 18.6 Å². The number of ether oxygens (including phenoxy) is 1. The second-order valence-electron chi connectivity index (χ2n) is 7.22. The molecule has 1 aliphatic heterocycles. The summed E-state index contributed by atoms with van der Waals surface area (Å²) >= 11 is 1.31. The number of carbonyl (C=O) groups excluding carboxylic acids is 1. The van der Waals surface area contributed by atoms with Gasteiger partial charge in [0.25, 0.3) is 0 Å². The summed E-state index contributed by atoms with van der Waals surface area (Å²) in [5.74, 6) is 1.38. The van der Waals surface area contributed by atoms with Gasteiger partial charge in [-0.25, -0.2) is 4.39 Å². The van der Waals surface area contributed by atoms with Crippen LogP contribution in [0, 0.1) is 5.82 Å². The smallest absolute Gasteiger partial charge is 0.234 e. The number of para-hydroxylation sites is 2. The fourth-order valence-corrected chi connectivity index (χ4v) is 4.11. The number of hydrogen-bond acceptors (Lipinski definition) is 7. The molecule has 7 nitrogen and oxygen atoms in total. The van der Waals surface area contributed by atoms with Crippen LogP contribution in [0.15, 0.2) is 65.7 Å². The quantitative estimate of drug-likeness (QED) is 0.547. The molecule has 0 atom stereocenters. The molecule has 1 N–H and O–H groups in total. The molecule has 0 aliphatic carbocycles. The minimum Gasteiger partial charge on any atom is -0.495 e. The molecule has 0 saturated carbocycles. The van der Waals surface area contributed by atoms with Crippen molar-refractivity contribution in [2.45, 2.75) is 5.03 Å². The molecule has 0 spiro atoms. The van der Waals surface area contributed by atoms with Crippen molar-refractivity contribution in [1.29, 1.82) is 0 Å². The summed E-state index contributed by atoms with van der Waals surface area (Å²) in [5, 5.41) is 12.0. The van der Waals surface area contributed by atoms with Crippen LogP contribution in [0.1, 0.15) is 0 Å². The minimum absolute atomic E-state index is 0.181. The first-order chi connectivity index (χ1) is 15.6. The van der Waals surface area contributed by atoms with E-state index in [9.17, 15) is 9.18 Å². The highest BCUT2D eigenvalue weighted by Crippen LogP contribution is 2.29. The molecule has 0 radical (unpaired) electrons. The van der Waals surface area contributed by atoms with Crippen LogP contribution in [-0.4, -0.2) is 55.1 Å². The molecule has 2 aromatic carbocycles. The van der Waals surface area contributed by atoms with Gasteiger partial charge >= 0.3 is 0 Å². The number of aromatic nitrogens is 2. The Morgan fingerprint density at radius 1 is 1.00 bits per heavy atom. The highest BCUT2D eigenvalue weighted by atomic mass is 32.2. The van der Waals surface area contributed by atoms with Crippen molar-refractivity contribution in [1.82, 2.24) is 10.2 Å². The largest absolute Gasteiger partial charge is 0.495 e. The third-order valence-electron chi connectivity index (χ3n) is 5.13. The summed E-state index contributed by atoms with van der Waals surface area (Å²) in [6, 6.07) is 17.5. The fraction of sp³-hybridized carbons (Fsp3) is 0.261. The second kappa shape index (κ2) is 10.3. The molecular weight excluding hydrogens is 429 g/mol. The van der Waals surface area contributed by atoms with Crippen LogP contribution >= 0.6 is 11.8 Å². The van der Waals surface area contributed by atoms with Crippen LogP contribution < -0.4 is 19.9 Å². The molecule has 166 valence electrons. The zero-order valence-corrected chi connectivity index (χ0v) is 18.5. The van der Waals surface area contributed by atoms with Gasteiger partial charge in [0.1, 0.15) is 16.6 Å². The van der Waals surface area contributed by atoms with Crippen molar-refractivity contribution >= 4 is 34.9 Å². The van der Waals surface area contributed by atoms with Gasteiger partial charge in [0.15, 0.2) is 5.82 Å². The maximum Gasteiger partial charge on any atom is 0.234 e. The average Bonchev–Trinajstić information content (AvgIpc) is 2.84. The summed E-state index contributed by atoms with van der Waals surface area (Å²) in [6.45, 7) is 3.39. The van der Waals surface area contributed by atoms with Gasteiger partial charge in [0.2, 0.25) is 5.91 Å². The number of anilines is 3. The van der Waals surface area contributed by atoms with E-state index in [2.05, 4.69) is 31.4 Å². The normalized spacial score (nSPS) is 13.7. The lowest BCUT2D eigenvalue weighted by Gasteiger charge is -2.37. The van der Waals surface area contributed by atoms with Gasteiger partial charge in [-0.2, -0.15) is 0 Å². The predicted molar refractivity (Wildman–Crippen MR) is 125 cm³/mol. The SMILES string of the molecule is COc1ccccc1N1CCN(c2ccc(SCC(=O)Nc3ccc(F)cc3)nn2)CC1. The lowest BCUT2D eigenvalue weighted by atomic mass is 10.2. The van der Waals surface area contributed by atoms with E-state index in [0.29, 0.717) is 10.7 Å². The van der Waals surface area contributed by atoms with Gasteiger partial charge < -0.3 is 19.9 Å². The monoisotopic (exact) mass is 453 g/mol. The molecule has 32 heavy (non-hydrogen) atoms. The van der Waals surface area contributed by atoms with Crippen molar-refractivity contribution in [2.24, 2.45) is 0 Å². The van der Waals surface area contributed by atoms with Crippen molar-refractivity contribution in [3.8, 4) is 5.75 Å². The Hall–Kier alpha value is -3.33. The Morgan fingerprint density at radius 2 is 1.72 bits per heavy atom. The molecule has 1 fully saturated rings. The van der Waals surface area contributed by atoms with Gasteiger partial charge in [-0.15, -0.1) is 10.2 Å². The van der Waals surface area contributed by atoms with Crippen molar-refractivity contribution in [3.63, 3.8) is 0 Å². The Balaban J connectivity index is 1.27. The zero-order valence-electron chi connectivity index (χ0n) is 17.7. The highest BCUT2D eigenvalue weighted by molar-refractivity contribution is 7.99. The maximum atomic E-state index is 12.9. The van der Waals surface area contributed by atoms with Crippen molar-refractivity contribution in [3.05, 3.63) is 66.5 Å². The van der Waals surface area contributed by atoms with Crippen LogP contribution in [0.2, 0.25) is 0 Å². The lowest BCUT2D eigenvalue weighted by Crippen LogP contribution is -2.47. The number of nitrogens with zero attached hydrogens (tertiary/aromatic N) is 4. The number of carbonyl (C=O) groups is 1. The Kier molecular flexibility index (Phi) is 7.06. The van der Waals surface area contributed by atoms with E-state index in [1.807, 2.05) is 30.3 Å². The van der Waals surface area contributed by atoms with Crippen LogP contribution in [0.3, 0.4) is 0 Å². The van der Waals surface area contributed by atoms with E-state index in [-0.39, 0.29) is 17.5 Å². The Morgan fingerprint density at radius 3 is 2.41 bits per heavy atom. The molecule has 4 rings (SSSR count). The molecule has 1 amide bonds. The Bertz CT molecular complexity index is 1040. The molecule has 9 heteroatoms. The summed E-state index contributed by atoms with van der Waals surface area (Å²) < 4.78 is 18.4. The molecule has 1 saturated heterocycles. The first kappa shape index (κ1) is 21.9. The second-order valence-corrected chi connectivity index (χ2v) is 8.22. The summed E-state index contributed by atoms with van der Waals surface area (Å²) in [4.78, 5) is 16.6. The molecule has 1 aliphatic rings. The first-order valence-electron chi connectivity index (χ1n) is 10.3. The van der Waals surface area contributed by atoms with E-state index in [1.54, 1.807) is 7.11 Å². The minimum atomic E-state index is -0.339. The lowest BCUT2D eigenvalue weighted by molar-refractivity contribution is -0.113. The number of halogens is 1. The number of piperazine rings is 1. The van der Waals surface area contributed by atoms with Crippen molar-refractivity contribution < 1.29 is 13.9 Å². The van der Waals surface area contributed by atoms with Gasteiger partial charge in [-0.1, -0.05) is 23.9 Å². The summed E-state index contributed by atoms with van der Waals surface area (Å²) in [5.41, 5.74) is 1.66. The van der Waals surface area contributed by atoms with Crippen LogP contribution in [0.4, 0.5) is 21.6 Å². The molecule has 1 aromatic heterocycles. The zero-order chi connectivity index (χ0) is 22.3. The third-order valence-corrected chi connectivity index (χ3v) is 6.05. The third kappa shape index (κ3) is 5.47. The van der Waals surface area contributed by atoms with Gasteiger partial charge in [-0.3, -0.25) is 4.79 Å². The average molecular weight is 454 g/mol. The number of amides is 1. The molecule has 3 aromatic rings. The summed E-state index contributed by atoms with van der Waals surface area (Å²) in [7, 11) is 1.69. The number of rotatable bonds is 7. The fourth-order valence-electron chi connectivity index (χ4n) is 3.50. The van der Waals surface area contributed by atoms with Gasteiger partial charge in [0, 0.05) is 31.9 Å². The van der Waals surface area contributed by atoms with E-state index < -0.39 is 0 Å². The maximum absolute atomic E-state index is 12.9. The van der Waals surface area contributed by atoms with Gasteiger partial charge in [-0.05, 0) is 48.5 Å². The van der Waals surface area contributed by atoms with E-state index >= 15 is 0 Å². The molecule has 0 unspecified atom stereocenters. The molecular formula is C23H24FN5O2S. The van der Waals surface area contributed by atoms with E-state index in [1.165, 1.54) is 36.0 Å².